The molecule has 0 saturated heterocycles. The fourth-order valence-corrected chi connectivity index (χ4v) is 1.28. The molecule has 92 valence electrons. The SMILES string of the molecule is COCCOCc1cc(F)cc(C#CCO)c1. The van der Waals surface area contributed by atoms with Crippen LogP contribution < -0.4 is 0 Å². The van der Waals surface area contributed by atoms with Crippen molar-refractivity contribution in [2.75, 3.05) is 26.9 Å². The monoisotopic (exact) mass is 238 g/mol. The molecule has 0 saturated carbocycles. The van der Waals surface area contributed by atoms with Gasteiger partial charge in [-0.3, -0.25) is 0 Å². The quantitative estimate of drug-likeness (QED) is 0.621. The summed E-state index contributed by atoms with van der Waals surface area (Å²) in [5, 5.41) is 8.56. The van der Waals surface area contributed by atoms with Crippen LogP contribution in [0.5, 0.6) is 0 Å². The van der Waals surface area contributed by atoms with Gasteiger partial charge in [-0.25, -0.2) is 4.39 Å². The highest BCUT2D eigenvalue weighted by atomic mass is 19.1. The second-order valence-corrected chi connectivity index (χ2v) is 3.35. The van der Waals surface area contributed by atoms with Crippen LogP contribution in [0.25, 0.3) is 0 Å². The Morgan fingerprint density at radius 2 is 2.12 bits per heavy atom. The molecule has 1 aromatic rings. The summed E-state index contributed by atoms with van der Waals surface area (Å²) in [5.41, 5.74) is 1.24. The predicted octanol–water partition coefficient (Wildman–Crippen LogP) is 1.33. The molecule has 0 radical (unpaired) electrons. The Kier molecular flexibility index (Phi) is 6.26. The van der Waals surface area contributed by atoms with Gasteiger partial charge < -0.3 is 14.6 Å². The van der Waals surface area contributed by atoms with Crippen LogP contribution in [0.15, 0.2) is 18.2 Å². The van der Waals surface area contributed by atoms with Crippen molar-refractivity contribution in [1.29, 1.82) is 0 Å². The summed E-state index contributed by atoms with van der Waals surface area (Å²) in [6.45, 7) is 1.04. The molecule has 0 amide bonds. The Morgan fingerprint density at radius 1 is 1.29 bits per heavy atom. The van der Waals surface area contributed by atoms with Gasteiger partial charge in [-0.05, 0) is 23.8 Å². The summed E-state index contributed by atoms with van der Waals surface area (Å²) in [7, 11) is 1.59. The molecule has 0 spiro atoms. The zero-order valence-corrected chi connectivity index (χ0v) is 9.70. The van der Waals surface area contributed by atoms with E-state index in [1.165, 1.54) is 12.1 Å². The summed E-state index contributed by atoms with van der Waals surface area (Å²) in [6, 6.07) is 4.46. The molecule has 0 aromatic heterocycles. The molecule has 0 bridgehead atoms. The maximum atomic E-state index is 13.2. The summed E-state index contributed by atoms with van der Waals surface area (Å²) in [6.07, 6.45) is 0. The van der Waals surface area contributed by atoms with E-state index in [1.54, 1.807) is 13.2 Å². The minimum Gasteiger partial charge on any atom is -0.384 e. The van der Waals surface area contributed by atoms with Crippen molar-refractivity contribution in [1.82, 2.24) is 0 Å². The molecule has 1 N–H and O–H groups in total. The van der Waals surface area contributed by atoms with Crippen LogP contribution in [0.2, 0.25) is 0 Å². The third-order valence-electron chi connectivity index (χ3n) is 1.97. The van der Waals surface area contributed by atoms with Gasteiger partial charge in [0, 0.05) is 12.7 Å². The van der Waals surface area contributed by atoms with Crippen molar-refractivity contribution in [2.45, 2.75) is 6.61 Å². The van der Waals surface area contributed by atoms with Crippen LogP contribution >= 0.6 is 0 Å². The second-order valence-electron chi connectivity index (χ2n) is 3.35. The second kappa shape index (κ2) is 7.80. The summed E-state index contributed by atoms with van der Waals surface area (Å²) >= 11 is 0. The smallest absolute Gasteiger partial charge is 0.124 e. The highest BCUT2D eigenvalue weighted by Crippen LogP contribution is 2.09. The molecule has 4 heteroatoms. The number of ether oxygens (including phenoxy) is 2. The van der Waals surface area contributed by atoms with E-state index in [9.17, 15) is 4.39 Å². The molecule has 0 heterocycles. The highest BCUT2D eigenvalue weighted by molar-refractivity contribution is 5.37. The fourth-order valence-electron chi connectivity index (χ4n) is 1.28. The van der Waals surface area contributed by atoms with Gasteiger partial charge in [-0.2, -0.15) is 0 Å². The average molecular weight is 238 g/mol. The summed E-state index contributed by atoms with van der Waals surface area (Å²) < 4.78 is 23.3. The van der Waals surface area contributed by atoms with E-state index in [0.29, 0.717) is 30.9 Å². The number of hydrogen-bond acceptors (Lipinski definition) is 3. The van der Waals surface area contributed by atoms with Crippen molar-refractivity contribution >= 4 is 0 Å². The van der Waals surface area contributed by atoms with Crippen molar-refractivity contribution in [3.63, 3.8) is 0 Å². The minimum absolute atomic E-state index is 0.240. The molecule has 0 fully saturated rings. The first-order valence-corrected chi connectivity index (χ1v) is 5.22. The lowest BCUT2D eigenvalue weighted by atomic mass is 10.1. The van der Waals surface area contributed by atoms with Crippen LogP contribution in [-0.2, 0) is 16.1 Å². The van der Waals surface area contributed by atoms with E-state index in [-0.39, 0.29) is 12.4 Å². The Labute approximate surface area is 100 Å². The molecule has 0 aliphatic rings. The van der Waals surface area contributed by atoms with Gasteiger partial charge >= 0.3 is 0 Å². The Balaban J connectivity index is 2.62. The fraction of sp³-hybridized carbons (Fsp3) is 0.385. The number of rotatable bonds is 5. The van der Waals surface area contributed by atoms with Crippen molar-refractivity contribution in [3.8, 4) is 11.8 Å². The Hall–Kier alpha value is -1.41. The van der Waals surface area contributed by atoms with Crippen LogP contribution in [-0.4, -0.2) is 32.0 Å². The summed E-state index contributed by atoms with van der Waals surface area (Å²) in [5.74, 6) is 4.77. The van der Waals surface area contributed by atoms with Crippen LogP contribution in [0.1, 0.15) is 11.1 Å². The molecule has 0 unspecified atom stereocenters. The lowest BCUT2D eigenvalue weighted by molar-refractivity contribution is 0.0615. The first-order valence-electron chi connectivity index (χ1n) is 5.22. The summed E-state index contributed by atoms with van der Waals surface area (Å²) in [4.78, 5) is 0. The van der Waals surface area contributed by atoms with Gasteiger partial charge in [-0.15, -0.1) is 0 Å². The molecule has 0 atom stereocenters. The van der Waals surface area contributed by atoms with E-state index in [4.69, 9.17) is 14.6 Å². The minimum atomic E-state index is -0.361. The highest BCUT2D eigenvalue weighted by Gasteiger charge is 1.99. The number of halogens is 1. The first kappa shape index (κ1) is 13.7. The van der Waals surface area contributed by atoms with Crippen LogP contribution in [0.4, 0.5) is 4.39 Å². The molecule has 0 aliphatic heterocycles. The van der Waals surface area contributed by atoms with Crippen LogP contribution in [0, 0.1) is 17.7 Å². The molecular weight excluding hydrogens is 223 g/mol. The zero-order valence-electron chi connectivity index (χ0n) is 9.70. The molecular formula is C13H15FO3. The Morgan fingerprint density at radius 3 is 2.82 bits per heavy atom. The lowest BCUT2D eigenvalue weighted by Gasteiger charge is -2.04. The van der Waals surface area contributed by atoms with Gasteiger partial charge in [-0.1, -0.05) is 11.8 Å². The topological polar surface area (TPSA) is 38.7 Å². The van der Waals surface area contributed by atoms with Gasteiger partial charge in [0.15, 0.2) is 0 Å². The zero-order chi connectivity index (χ0) is 12.5. The van der Waals surface area contributed by atoms with Crippen molar-refractivity contribution < 1.29 is 19.0 Å². The van der Waals surface area contributed by atoms with E-state index in [2.05, 4.69) is 11.8 Å². The maximum Gasteiger partial charge on any atom is 0.124 e. The van der Waals surface area contributed by atoms with E-state index in [1.807, 2.05) is 0 Å². The Bertz CT molecular complexity index is 407. The van der Waals surface area contributed by atoms with Gasteiger partial charge in [0.25, 0.3) is 0 Å². The maximum absolute atomic E-state index is 13.2. The van der Waals surface area contributed by atoms with E-state index < -0.39 is 0 Å². The standard InChI is InChI=1S/C13H15FO3/c1-16-5-6-17-10-12-7-11(3-2-4-15)8-13(14)9-12/h7-9,15H,4-6,10H2,1H3. The van der Waals surface area contributed by atoms with Gasteiger partial charge in [0.1, 0.15) is 12.4 Å². The average Bonchev–Trinajstić information content (AvgIpc) is 2.31. The molecule has 1 rings (SSSR count). The third kappa shape index (κ3) is 5.45. The normalized spacial score (nSPS) is 9.82. The van der Waals surface area contributed by atoms with Crippen LogP contribution in [0.3, 0.4) is 0 Å². The number of aliphatic hydroxyl groups is 1. The third-order valence-corrected chi connectivity index (χ3v) is 1.97. The van der Waals surface area contributed by atoms with Gasteiger partial charge in [0.2, 0.25) is 0 Å². The molecule has 17 heavy (non-hydrogen) atoms. The number of methoxy groups -OCH3 is 1. The van der Waals surface area contributed by atoms with Gasteiger partial charge in [0.05, 0.1) is 19.8 Å². The predicted molar refractivity (Wildman–Crippen MR) is 61.9 cm³/mol. The molecule has 0 aliphatic carbocycles. The number of hydrogen-bond donors (Lipinski definition) is 1. The number of benzene rings is 1. The lowest BCUT2D eigenvalue weighted by Crippen LogP contribution is -2.02. The van der Waals surface area contributed by atoms with Crippen molar-refractivity contribution in [2.24, 2.45) is 0 Å². The van der Waals surface area contributed by atoms with E-state index in [0.717, 1.165) is 0 Å². The molecule has 3 nitrogen and oxygen atoms in total. The largest absolute Gasteiger partial charge is 0.384 e. The van der Waals surface area contributed by atoms with Crippen molar-refractivity contribution in [3.05, 3.63) is 35.1 Å². The number of aliphatic hydroxyl groups excluding tert-OH is 1. The molecule has 1 aromatic carbocycles. The first-order chi connectivity index (χ1) is 8.26. The van der Waals surface area contributed by atoms with E-state index >= 15 is 0 Å².